The van der Waals surface area contributed by atoms with Crippen molar-refractivity contribution in [1.82, 2.24) is 0 Å². The fourth-order valence-corrected chi connectivity index (χ4v) is 4.53. The molecule has 4 aromatic rings. The van der Waals surface area contributed by atoms with E-state index in [1.165, 1.54) is 5.56 Å². The van der Waals surface area contributed by atoms with Gasteiger partial charge in [-0.1, -0.05) is 122 Å². The molecule has 32 heavy (non-hydrogen) atoms. The molecule has 0 spiro atoms. The highest BCUT2D eigenvalue weighted by Gasteiger charge is 2.46. The van der Waals surface area contributed by atoms with Crippen molar-refractivity contribution in [1.29, 1.82) is 0 Å². The number of rotatable bonds is 7. The molecule has 0 aliphatic rings. The van der Waals surface area contributed by atoms with E-state index >= 15 is 0 Å². The Morgan fingerprint density at radius 1 is 0.781 bits per heavy atom. The molecule has 0 aliphatic heterocycles. The summed E-state index contributed by atoms with van der Waals surface area (Å²) in [4.78, 5) is 13.6. The van der Waals surface area contributed by atoms with Crippen LogP contribution in [0, 0.1) is 0 Å². The monoisotopic (exact) mass is 436 g/mol. The molecule has 2 nitrogen and oxygen atoms in total. The molecule has 0 radical (unpaired) electrons. The van der Waals surface area contributed by atoms with Crippen molar-refractivity contribution < 1.29 is 9.32 Å². The lowest BCUT2D eigenvalue weighted by Gasteiger charge is -2.34. The number of hydrogen-bond donors (Lipinski definition) is 0. The van der Waals surface area contributed by atoms with Crippen molar-refractivity contribution in [3.8, 4) is 0 Å². The van der Waals surface area contributed by atoms with Gasteiger partial charge in [0.25, 0.3) is 0 Å². The first-order valence-corrected chi connectivity index (χ1v) is 11.0. The summed E-state index contributed by atoms with van der Waals surface area (Å²) >= 11 is 0. The van der Waals surface area contributed by atoms with Crippen LogP contribution in [0.2, 0.25) is 0 Å². The van der Waals surface area contributed by atoms with Crippen molar-refractivity contribution >= 4 is 21.5 Å². The highest BCUT2D eigenvalue weighted by atomic mass is 31.0. The van der Waals surface area contributed by atoms with Gasteiger partial charge in [-0.3, -0.25) is 4.79 Å². The molecule has 0 aliphatic carbocycles. The van der Waals surface area contributed by atoms with Crippen LogP contribution in [0.15, 0.2) is 116 Å². The molecular formula is C29H25O2P. The minimum Gasteiger partial charge on any atom is -0.450 e. The molecule has 0 fully saturated rings. The minimum absolute atomic E-state index is 0.362. The van der Waals surface area contributed by atoms with Crippen LogP contribution in [0.1, 0.15) is 33.4 Å². The first kappa shape index (κ1) is 21.7. The summed E-state index contributed by atoms with van der Waals surface area (Å²) in [6, 6.07) is 36.1. The number of benzene rings is 4. The van der Waals surface area contributed by atoms with E-state index in [4.69, 9.17) is 4.52 Å². The first-order chi connectivity index (χ1) is 15.7. The SMILES string of the molecule is C=Cc1cc(Cc2ccccc2)ccc1C(C(=O)OP)(c1ccccc1)c1ccccc1. The van der Waals surface area contributed by atoms with Gasteiger partial charge in [0.15, 0.2) is 0 Å². The normalized spacial score (nSPS) is 11.0. The summed E-state index contributed by atoms with van der Waals surface area (Å²) in [7, 11) is 2.12. The smallest absolute Gasteiger partial charge is 0.327 e. The summed E-state index contributed by atoms with van der Waals surface area (Å²) in [5, 5.41) is 0. The molecule has 0 N–H and O–H groups in total. The van der Waals surface area contributed by atoms with Crippen LogP contribution >= 0.6 is 9.47 Å². The van der Waals surface area contributed by atoms with Gasteiger partial charge in [0.05, 0.1) is 9.47 Å². The molecule has 3 heteroatoms. The highest BCUT2D eigenvalue weighted by Crippen LogP contribution is 2.43. The minimum atomic E-state index is -1.13. The number of carbonyl (C=O) groups is 1. The summed E-state index contributed by atoms with van der Waals surface area (Å²) in [5.74, 6) is -0.362. The van der Waals surface area contributed by atoms with Gasteiger partial charge in [-0.15, -0.1) is 0 Å². The zero-order chi connectivity index (χ0) is 22.4. The van der Waals surface area contributed by atoms with E-state index in [0.717, 1.165) is 34.2 Å². The Bertz CT molecular complexity index is 1160. The molecule has 1 atom stereocenters. The summed E-state index contributed by atoms with van der Waals surface area (Å²) in [6.07, 6.45) is 2.63. The molecule has 4 rings (SSSR count). The lowest BCUT2D eigenvalue weighted by molar-refractivity contribution is -0.136. The second-order valence-electron chi connectivity index (χ2n) is 7.68. The predicted molar refractivity (Wildman–Crippen MR) is 134 cm³/mol. The third-order valence-corrected chi connectivity index (χ3v) is 6.03. The molecule has 0 saturated carbocycles. The standard InChI is InChI=1S/C29H25O2P/c1-2-24-21-23(20-22-12-6-3-7-13-22)18-19-27(24)29(28(30)31-32,25-14-8-4-9-15-25)26-16-10-5-11-17-26/h2-19,21H,1,20,32H2. The van der Waals surface area contributed by atoms with E-state index in [1.807, 2.05) is 91.0 Å². The second kappa shape index (κ2) is 9.77. The summed E-state index contributed by atoms with van der Waals surface area (Å²) in [5.41, 5.74) is 4.70. The van der Waals surface area contributed by atoms with E-state index in [2.05, 4.69) is 40.3 Å². The van der Waals surface area contributed by atoms with Crippen LogP contribution in [0.3, 0.4) is 0 Å². The van der Waals surface area contributed by atoms with Gasteiger partial charge in [-0.25, -0.2) is 0 Å². The maximum atomic E-state index is 13.6. The van der Waals surface area contributed by atoms with Crippen LogP contribution < -0.4 is 0 Å². The van der Waals surface area contributed by atoms with Crippen molar-refractivity contribution in [2.45, 2.75) is 11.8 Å². The molecule has 0 amide bonds. The van der Waals surface area contributed by atoms with Crippen LogP contribution in [0.4, 0.5) is 0 Å². The molecule has 158 valence electrons. The lowest BCUT2D eigenvalue weighted by Crippen LogP contribution is -2.39. The average molecular weight is 436 g/mol. The van der Waals surface area contributed by atoms with Crippen LogP contribution in [-0.4, -0.2) is 5.97 Å². The third-order valence-electron chi connectivity index (χ3n) is 5.82. The van der Waals surface area contributed by atoms with Gasteiger partial charge in [-0.05, 0) is 39.8 Å². The lowest BCUT2D eigenvalue weighted by atomic mass is 9.68. The predicted octanol–water partition coefficient (Wildman–Crippen LogP) is 6.59. The van der Waals surface area contributed by atoms with Gasteiger partial charge in [0.2, 0.25) is 0 Å². The number of carbonyl (C=O) groups excluding carboxylic acids is 1. The summed E-state index contributed by atoms with van der Waals surface area (Å²) < 4.78 is 5.35. The van der Waals surface area contributed by atoms with E-state index < -0.39 is 5.41 Å². The zero-order valence-electron chi connectivity index (χ0n) is 17.8. The van der Waals surface area contributed by atoms with Crippen molar-refractivity contribution in [2.24, 2.45) is 0 Å². The maximum Gasteiger partial charge on any atom is 0.327 e. The van der Waals surface area contributed by atoms with Crippen molar-refractivity contribution in [3.63, 3.8) is 0 Å². The molecule has 0 bridgehead atoms. The Morgan fingerprint density at radius 3 is 1.81 bits per heavy atom. The van der Waals surface area contributed by atoms with Crippen molar-refractivity contribution in [2.75, 3.05) is 0 Å². The van der Waals surface area contributed by atoms with Gasteiger partial charge >= 0.3 is 5.97 Å². The fraction of sp³-hybridized carbons (Fsp3) is 0.0690. The number of hydrogen-bond acceptors (Lipinski definition) is 2. The Balaban J connectivity index is 1.95. The molecule has 0 heterocycles. The first-order valence-electron chi connectivity index (χ1n) is 10.5. The second-order valence-corrected chi connectivity index (χ2v) is 7.91. The molecular weight excluding hydrogens is 411 g/mol. The Kier molecular flexibility index (Phi) is 6.63. The molecule has 4 aromatic carbocycles. The van der Waals surface area contributed by atoms with Gasteiger partial charge in [0.1, 0.15) is 5.41 Å². The van der Waals surface area contributed by atoms with E-state index in [9.17, 15) is 4.79 Å². The van der Waals surface area contributed by atoms with E-state index in [-0.39, 0.29) is 5.97 Å². The average Bonchev–Trinajstić information content (AvgIpc) is 2.87. The Morgan fingerprint density at radius 2 is 1.31 bits per heavy atom. The molecule has 0 aromatic heterocycles. The Labute approximate surface area is 191 Å². The van der Waals surface area contributed by atoms with Crippen LogP contribution in [0.5, 0.6) is 0 Å². The van der Waals surface area contributed by atoms with Crippen LogP contribution in [-0.2, 0) is 21.2 Å². The Hall–Kier alpha value is -3.48. The maximum absolute atomic E-state index is 13.6. The van der Waals surface area contributed by atoms with Crippen LogP contribution in [0.25, 0.3) is 6.08 Å². The molecule has 0 saturated heterocycles. The zero-order valence-corrected chi connectivity index (χ0v) is 18.9. The quantitative estimate of drug-likeness (QED) is 0.241. The third kappa shape index (κ3) is 4.02. The topological polar surface area (TPSA) is 26.3 Å². The molecule has 1 unspecified atom stereocenters. The van der Waals surface area contributed by atoms with Crippen molar-refractivity contribution in [3.05, 3.63) is 149 Å². The van der Waals surface area contributed by atoms with E-state index in [0.29, 0.717) is 0 Å². The van der Waals surface area contributed by atoms with Gasteiger partial charge < -0.3 is 4.52 Å². The van der Waals surface area contributed by atoms with Gasteiger partial charge in [-0.2, -0.15) is 0 Å². The fourth-order valence-electron chi connectivity index (χ4n) is 4.35. The largest absolute Gasteiger partial charge is 0.450 e. The summed E-state index contributed by atoms with van der Waals surface area (Å²) in [6.45, 7) is 4.07. The van der Waals surface area contributed by atoms with Gasteiger partial charge in [0, 0.05) is 0 Å². The van der Waals surface area contributed by atoms with E-state index in [1.54, 1.807) is 0 Å². The highest BCUT2D eigenvalue weighted by molar-refractivity contribution is 7.10.